The molecular formula is C5H2Br3NO. The summed E-state index contributed by atoms with van der Waals surface area (Å²) >= 11 is 9.48. The first-order valence-corrected chi connectivity index (χ1v) is 4.73. The van der Waals surface area contributed by atoms with Crippen LogP contribution in [0, 0.1) is 0 Å². The molecule has 0 saturated heterocycles. The van der Waals surface area contributed by atoms with E-state index in [-0.39, 0.29) is 5.56 Å². The fraction of sp³-hybridized carbons (Fsp3) is 0. The minimum absolute atomic E-state index is 0.143. The molecule has 1 aromatic rings. The lowest BCUT2D eigenvalue weighted by molar-refractivity contribution is 1.16. The van der Waals surface area contributed by atoms with Gasteiger partial charge in [0.15, 0.2) is 0 Å². The number of aromatic amines is 1. The maximum absolute atomic E-state index is 10.8. The summed E-state index contributed by atoms with van der Waals surface area (Å²) in [7, 11) is 0. The van der Waals surface area contributed by atoms with Crippen molar-refractivity contribution in [3.63, 3.8) is 0 Å². The van der Waals surface area contributed by atoms with Gasteiger partial charge in [-0.15, -0.1) is 0 Å². The Morgan fingerprint density at radius 2 is 1.80 bits per heavy atom. The third kappa shape index (κ3) is 1.71. The summed E-state index contributed by atoms with van der Waals surface area (Å²) in [5.74, 6) is 0. The predicted molar refractivity (Wildman–Crippen MR) is 50.2 cm³/mol. The predicted octanol–water partition coefficient (Wildman–Crippen LogP) is 2.66. The lowest BCUT2D eigenvalue weighted by Crippen LogP contribution is -2.05. The fourth-order valence-corrected chi connectivity index (χ4v) is 1.72. The van der Waals surface area contributed by atoms with Crippen LogP contribution >= 0.6 is 47.8 Å². The van der Waals surface area contributed by atoms with Crippen molar-refractivity contribution in [2.75, 3.05) is 0 Å². The van der Waals surface area contributed by atoms with E-state index in [4.69, 9.17) is 0 Å². The van der Waals surface area contributed by atoms with Crippen molar-refractivity contribution in [2.45, 2.75) is 0 Å². The standard InChI is InChI=1S/C5H2Br3NO/c6-2-1-3(7)5(10)9-4(2)8/h1H,(H,9,10). The molecule has 1 N–H and O–H groups in total. The van der Waals surface area contributed by atoms with Crippen molar-refractivity contribution in [3.05, 3.63) is 30.0 Å². The molecule has 5 heteroatoms. The molecule has 0 spiro atoms. The first-order chi connectivity index (χ1) is 4.61. The Morgan fingerprint density at radius 3 is 2.30 bits per heavy atom. The summed E-state index contributed by atoms with van der Waals surface area (Å²) in [4.78, 5) is 13.4. The van der Waals surface area contributed by atoms with Crippen LogP contribution in [0.2, 0.25) is 0 Å². The Balaban J connectivity index is 3.43. The van der Waals surface area contributed by atoms with Crippen molar-refractivity contribution >= 4 is 47.8 Å². The van der Waals surface area contributed by atoms with E-state index in [0.717, 1.165) is 4.47 Å². The van der Waals surface area contributed by atoms with Crippen LogP contribution in [0.15, 0.2) is 24.4 Å². The van der Waals surface area contributed by atoms with Gasteiger partial charge in [0.1, 0.15) is 0 Å². The van der Waals surface area contributed by atoms with Gasteiger partial charge in [0.2, 0.25) is 0 Å². The van der Waals surface area contributed by atoms with Gasteiger partial charge in [0.05, 0.1) is 9.08 Å². The zero-order chi connectivity index (χ0) is 7.72. The van der Waals surface area contributed by atoms with Crippen molar-refractivity contribution < 1.29 is 0 Å². The van der Waals surface area contributed by atoms with Crippen LogP contribution in [0.25, 0.3) is 0 Å². The molecule has 0 aliphatic rings. The number of H-pyrrole nitrogens is 1. The third-order valence-corrected chi connectivity index (χ3v) is 3.28. The molecule has 2 nitrogen and oxygen atoms in total. The zero-order valence-electron chi connectivity index (χ0n) is 4.62. The van der Waals surface area contributed by atoms with Gasteiger partial charge in [0.25, 0.3) is 5.56 Å². The van der Waals surface area contributed by atoms with Crippen LogP contribution in [0.4, 0.5) is 0 Å². The van der Waals surface area contributed by atoms with Crippen LogP contribution < -0.4 is 5.56 Å². The molecule has 54 valence electrons. The largest absolute Gasteiger partial charge is 0.315 e. The molecule has 0 aliphatic carbocycles. The first-order valence-electron chi connectivity index (χ1n) is 2.35. The number of nitrogens with one attached hydrogen (secondary N) is 1. The number of pyridine rings is 1. The van der Waals surface area contributed by atoms with Crippen LogP contribution in [-0.2, 0) is 0 Å². The summed E-state index contributed by atoms with van der Waals surface area (Å²) in [5, 5.41) is 0. The molecule has 0 saturated carbocycles. The normalized spacial score (nSPS) is 9.90. The highest BCUT2D eigenvalue weighted by Gasteiger charge is 1.99. The molecule has 1 aromatic heterocycles. The Kier molecular flexibility index (Phi) is 2.71. The molecule has 0 aromatic carbocycles. The molecule has 0 amide bonds. The van der Waals surface area contributed by atoms with Crippen molar-refractivity contribution in [3.8, 4) is 0 Å². The van der Waals surface area contributed by atoms with E-state index < -0.39 is 0 Å². The van der Waals surface area contributed by atoms with Gasteiger partial charge >= 0.3 is 0 Å². The lowest BCUT2D eigenvalue weighted by Gasteiger charge is -1.94. The van der Waals surface area contributed by atoms with Gasteiger partial charge in [-0.3, -0.25) is 4.79 Å². The van der Waals surface area contributed by atoms with Crippen molar-refractivity contribution in [1.82, 2.24) is 4.98 Å². The summed E-state index contributed by atoms with van der Waals surface area (Å²) in [6.45, 7) is 0. The quantitative estimate of drug-likeness (QED) is 0.728. The first kappa shape index (κ1) is 8.49. The van der Waals surface area contributed by atoms with E-state index in [9.17, 15) is 4.79 Å². The topological polar surface area (TPSA) is 32.9 Å². The van der Waals surface area contributed by atoms with E-state index in [1.165, 1.54) is 0 Å². The molecule has 0 fully saturated rings. The second kappa shape index (κ2) is 3.19. The molecule has 0 bridgehead atoms. The maximum Gasteiger partial charge on any atom is 0.263 e. The average molecular weight is 332 g/mol. The zero-order valence-corrected chi connectivity index (χ0v) is 9.38. The van der Waals surface area contributed by atoms with Crippen LogP contribution in [0.5, 0.6) is 0 Å². The summed E-state index contributed by atoms with van der Waals surface area (Å²) in [5.41, 5.74) is -0.143. The molecule has 0 atom stereocenters. The molecule has 0 radical (unpaired) electrons. The highest BCUT2D eigenvalue weighted by molar-refractivity contribution is 9.13. The lowest BCUT2D eigenvalue weighted by atomic mass is 10.5. The molecule has 1 rings (SSSR count). The van der Waals surface area contributed by atoms with Gasteiger partial charge < -0.3 is 4.98 Å². The summed E-state index contributed by atoms with van der Waals surface area (Å²) in [6, 6.07) is 1.68. The second-order valence-electron chi connectivity index (χ2n) is 1.61. The molecule has 1 heterocycles. The van der Waals surface area contributed by atoms with Crippen LogP contribution in [0.1, 0.15) is 0 Å². The molecule has 10 heavy (non-hydrogen) atoms. The average Bonchev–Trinajstić information content (AvgIpc) is 1.84. The highest BCUT2D eigenvalue weighted by Crippen LogP contribution is 2.20. The van der Waals surface area contributed by atoms with Gasteiger partial charge in [-0.05, 0) is 53.9 Å². The van der Waals surface area contributed by atoms with Crippen LogP contribution in [-0.4, -0.2) is 4.98 Å². The molecule has 0 unspecified atom stereocenters. The number of rotatable bonds is 0. The van der Waals surface area contributed by atoms with Gasteiger partial charge in [-0.2, -0.15) is 0 Å². The van der Waals surface area contributed by atoms with Gasteiger partial charge in [-0.25, -0.2) is 0 Å². The van der Waals surface area contributed by atoms with Crippen LogP contribution in [0.3, 0.4) is 0 Å². The Labute approximate surface area is 82.4 Å². The smallest absolute Gasteiger partial charge is 0.263 e. The number of aromatic nitrogens is 1. The number of hydrogen-bond acceptors (Lipinski definition) is 1. The number of hydrogen-bond donors (Lipinski definition) is 1. The Bertz CT molecular complexity index is 306. The minimum Gasteiger partial charge on any atom is -0.315 e. The Morgan fingerprint density at radius 1 is 1.20 bits per heavy atom. The van der Waals surface area contributed by atoms with Gasteiger partial charge in [0, 0.05) is 4.47 Å². The van der Waals surface area contributed by atoms with Gasteiger partial charge in [-0.1, -0.05) is 0 Å². The monoisotopic (exact) mass is 329 g/mol. The van der Waals surface area contributed by atoms with E-state index in [2.05, 4.69) is 52.8 Å². The van der Waals surface area contributed by atoms with E-state index in [1.807, 2.05) is 0 Å². The fourth-order valence-electron chi connectivity index (χ4n) is 0.459. The van der Waals surface area contributed by atoms with Crippen molar-refractivity contribution in [1.29, 1.82) is 0 Å². The summed E-state index contributed by atoms with van der Waals surface area (Å²) < 4.78 is 1.99. The molecular weight excluding hydrogens is 330 g/mol. The van der Waals surface area contributed by atoms with E-state index in [0.29, 0.717) is 9.08 Å². The maximum atomic E-state index is 10.8. The minimum atomic E-state index is -0.143. The highest BCUT2D eigenvalue weighted by atomic mass is 79.9. The SMILES string of the molecule is O=c1[nH]c(Br)c(Br)cc1Br. The molecule has 0 aliphatic heterocycles. The second-order valence-corrected chi connectivity index (χ2v) is 4.11. The van der Waals surface area contributed by atoms with E-state index in [1.54, 1.807) is 6.07 Å². The Hall–Kier alpha value is 0.390. The summed E-state index contributed by atoms with van der Waals surface area (Å²) in [6.07, 6.45) is 0. The third-order valence-electron chi connectivity index (χ3n) is 0.903. The van der Waals surface area contributed by atoms with Crippen molar-refractivity contribution in [2.24, 2.45) is 0 Å². The van der Waals surface area contributed by atoms with E-state index >= 15 is 0 Å². The number of halogens is 3.